The normalized spacial score (nSPS) is 10.3. The number of carbonyl (C=O) groups is 1. The molecule has 1 heterocycles. The summed E-state index contributed by atoms with van der Waals surface area (Å²) < 4.78 is 0. The zero-order valence-corrected chi connectivity index (χ0v) is 9.84. The fourth-order valence-electron chi connectivity index (χ4n) is 1.42. The second-order valence-corrected chi connectivity index (χ2v) is 3.77. The SMILES string of the molecule is CCCN(CCCl)C(=O)c1cn[nH]c1C. The average molecular weight is 230 g/mol. The molecular formula is C10H16ClN3O. The molecule has 15 heavy (non-hydrogen) atoms. The first-order valence-electron chi connectivity index (χ1n) is 5.06. The number of aromatic nitrogens is 2. The predicted octanol–water partition coefficient (Wildman–Crippen LogP) is 1.81. The van der Waals surface area contributed by atoms with Crippen LogP contribution in [0.2, 0.25) is 0 Å². The molecule has 84 valence electrons. The number of amides is 1. The molecular weight excluding hydrogens is 214 g/mol. The Morgan fingerprint density at radius 2 is 2.33 bits per heavy atom. The van der Waals surface area contributed by atoms with E-state index < -0.39 is 0 Å². The number of carbonyl (C=O) groups excluding carboxylic acids is 1. The van der Waals surface area contributed by atoms with E-state index in [0.717, 1.165) is 18.7 Å². The summed E-state index contributed by atoms with van der Waals surface area (Å²) in [6, 6.07) is 0. The van der Waals surface area contributed by atoms with Crippen molar-refractivity contribution in [1.29, 1.82) is 0 Å². The molecule has 0 atom stereocenters. The van der Waals surface area contributed by atoms with E-state index in [1.807, 2.05) is 13.8 Å². The maximum Gasteiger partial charge on any atom is 0.257 e. The van der Waals surface area contributed by atoms with Gasteiger partial charge in [0.25, 0.3) is 5.91 Å². The van der Waals surface area contributed by atoms with Crippen LogP contribution in [0, 0.1) is 6.92 Å². The Morgan fingerprint density at radius 1 is 1.60 bits per heavy atom. The molecule has 0 fully saturated rings. The standard InChI is InChI=1S/C10H16ClN3O/c1-3-5-14(6-4-11)10(15)9-7-12-13-8(9)2/h7H,3-6H2,1-2H3,(H,12,13). The van der Waals surface area contributed by atoms with Gasteiger partial charge in [0.15, 0.2) is 0 Å². The Labute approximate surface area is 94.6 Å². The first-order valence-corrected chi connectivity index (χ1v) is 5.59. The molecule has 0 aliphatic heterocycles. The number of aryl methyl sites for hydroxylation is 1. The van der Waals surface area contributed by atoms with Crippen LogP contribution in [0.15, 0.2) is 6.20 Å². The van der Waals surface area contributed by atoms with Crippen molar-refractivity contribution in [3.05, 3.63) is 17.5 Å². The van der Waals surface area contributed by atoms with Crippen LogP contribution in [0.5, 0.6) is 0 Å². The van der Waals surface area contributed by atoms with Crippen LogP contribution in [0.25, 0.3) is 0 Å². The summed E-state index contributed by atoms with van der Waals surface area (Å²) >= 11 is 5.66. The molecule has 0 saturated carbocycles. The molecule has 0 bridgehead atoms. The number of hydrogen-bond donors (Lipinski definition) is 1. The Hall–Kier alpha value is -1.03. The van der Waals surface area contributed by atoms with Crippen molar-refractivity contribution in [3.8, 4) is 0 Å². The van der Waals surface area contributed by atoms with Gasteiger partial charge in [-0.25, -0.2) is 0 Å². The van der Waals surface area contributed by atoms with E-state index in [-0.39, 0.29) is 5.91 Å². The summed E-state index contributed by atoms with van der Waals surface area (Å²) in [6.07, 6.45) is 2.49. The van der Waals surface area contributed by atoms with Crippen molar-refractivity contribution in [2.75, 3.05) is 19.0 Å². The summed E-state index contributed by atoms with van der Waals surface area (Å²) in [7, 11) is 0. The van der Waals surface area contributed by atoms with Gasteiger partial charge in [0.1, 0.15) is 0 Å². The lowest BCUT2D eigenvalue weighted by atomic mass is 10.2. The molecule has 0 aliphatic rings. The summed E-state index contributed by atoms with van der Waals surface area (Å²) in [5, 5.41) is 6.60. The maximum absolute atomic E-state index is 12.0. The zero-order valence-electron chi connectivity index (χ0n) is 9.09. The minimum Gasteiger partial charge on any atom is -0.337 e. The maximum atomic E-state index is 12.0. The smallest absolute Gasteiger partial charge is 0.257 e. The van der Waals surface area contributed by atoms with Gasteiger partial charge in [0, 0.05) is 24.7 Å². The number of alkyl halides is 1. The van der Waals surface area contributed by atoms with Gasteiger partial charge in [-0.05, 0) is 13.3 Å². The van der Waals surface area contributed by atoms with Crippen molar-refractivity contribution < 1.29 is 4.79 Å². The zero-order chi connectivity index (χ0) is 11.3. The molecule has 1 aromatic heterocycles. The van der Waals surface area contributed by atoms with Crippen LogP contribution < -0.4 is 0 Å². The van der Waals surface area contributed by atoms with E-state index in [4.69, 9.17) is 11.6 Å². The van der Waals surface area contributed by atoms with E-state index in [9.17, 15) is 4.79 Å². The minimum absolute atomic E-state index is 0.00347. The van der Waals surface area contributed by atoms with Crippen molar-refractivity contribution in [2.45, 2.75) is 20.3 Å². The molecule has 0 unspecified atom stereocenters. The highest BCUT2D eigenvalue weighted by Crippen LogP contribution is 2.08. The third kappa shape index (κ3) is 2.96. The summed E-state index contributed by atoms with van der Waals surface area (Å²) in [6.45, 7) is 5.19. The highest BCUT2D eigenvalue weighted by molar-refractivity contribution is 6.18. The summed E-state index contributed by atoms with van der Waals surface area (Å²) in [5.41, 5.74) is 1.43. The Balaban J connectivity index is 2.76. The van der Waals surface area contributed by atoms with E-state index in [0.29, 0.717) is 18.0 Å². The molecule has 0 saturated heterocycles. The molecule has 0 radical (unpaired) electrons. The van der Waals surface area contributed by atoms with Crippen LogP contribution in [0.3, 0.4) is 0 Å². The van der Waals surface area contributed by atoms with Gasteiger partial charge in [0.05, 0.1) is 11.8 Å². The van der Waals surface area contributed by atoms with Crippen LogP contribution >= 0.6 is 11.6 Å². The number of hydrogen-bond acceptors (Lipinski definition) is 2. The predicted molar refractivity (Wildman–Crippen MR) is 60.2 cm³/mol. The van der Waals surface area contributed by atoms with Crippen LogP contribution in [-0.2, 0) is 0 Å². The highest BCUT2D eigenvalue weighted by Gasteiger charge is 2.17. The lowest BCUT2D eigenvalue weighted by molar-refractivity contribution is 0.0765. The van der Waals surface area contributed by atoms with Crippen molar-refractivity contribution in [2.24, 2.45) is 0 Å². The van der Waals surface area contributed by atoms with Crippen LogP contribution in [0.1, 0.15) is 29.4 Å². The Bertz CT molecular complexity index is 318. The number of rotatable bonds is 5. The van der Waals surface area contributed by atoms with Gasteiger partial charge in [0.2, 0.25) is 0 Å². The molecule has 1 aromatic rings. The number of nitrogens with one attached hydrogen (secondary N) is 1. The number of nitrogens with zero attached hydrogens (tertiary/aromatic N) is 2. The molecule has 1 N–H and O–H groups in total. The Morgan fingerprint density at radius 3 is 2.80 bits per heavy atom. The largest absolute Gasteiger partial charge is 0.337 e. The second kappa shape index (κ2) is 5.75. The molecule has 5 heteroatoms. The fourth-order valence-corrected chi connectivity index (χ4v) is 1.63. The van der Waals surface area contributed by atoms with Crippen LogP contribution in [0.4, 0.5) is 0 Å². The first kappa shape index (κ1) is 12.0. The fraction of sp³-hybridized carbons (Fsp3) is 0.600. The first-order chi connectivity index (χ1) is 7.20. The molecule has 1 amide bonds. The number of aromatic amines is 1. The van der Waals surface area contributed by atoms with Gasteiger partial charge in [-0.1, -0.05) is 6.92 Å². The summed E-state index contributed by atoms with van der Waals surface area (Å²) in [5.74, 6) is 0.464. The van der Waals surface area contributed by atoms with Gasteiger partial charge >= 0.3 is 0 Å². The highest BCUT2D eigenvalue weighted by atomic mass is 35.5. The molecule has 0 spiro atoms. The number of H-pyrrole nitrogens is 1. The van der Waals surface area contributed by atoms with Crippen LogP contribution in [-0.4, -0.2) is 40.0 Å². The molecule has 0 aliphatic carbocycles. The Kier molecular flexibility index (Phi) is 4.62. The minimum atomic E-state index is 0.00347. The van der Waals surface area contributed by atoms with Gasteiger partial charge in [-0.2, -0.15) is 5.10 Å². The van der Waals surface area contributed by atoms with E-state index >= 15 is 0 Å². The quantitative estimate of drug-likeness (QED) is 0.783. The molecule has 1 rings (SSSR count). The number of halogens is 1. The van der Waals surface area contributed by atoms with Gasteiger partial charge in [-0.3, -0.25) is 9.89 Å². The summed E-state index contributed by atoms with van der Waals surface area (Å²) in [4.78, 5) is 13.8. The monoisotopic (exact) mass is 229 g/mol. The lowest BCUT2D eigenvalue weighted by Gasteiger charge is -2.20. The van der Waals surface area contributed by atoms with Crippen molar-refractivity contribution in [3.63, 3.8) is 0 Å². The third-order valence-corrected chi connectivity index (χ3v) is 2.36. The van der Waals surface area contributed by atoms with E-state index in [2.05, 4.69) is 10.2 Å². The van der Waals surface area contributed by atoms with E-state index in [1.165, 1.54) is 0 Å². The average Bonchev–Trinajstić information content (AvgIpc) is 2.63. The molecule has 0 aromatic carbocycles. The van der Waals surface area contributed by atoms with Crippen molar-refractivity contribution >= 4 is 17.5 Å². The van der Waals surface area contributed by atoms with E-state index in [1.54, 1.807) is 11.1 Å². The van der Waals surface area contributed by atoms with Crippen molar-refractivity contribution in [1.82, 2.24) is 15.1 Å². The molecule has 4 nitrogen and oxygen atoms in total. The second-order valence-electron chi connectivity index (χ2n) is 3.39. The lowest BCUT2D eigenvalue weighted by Crippen LogP contribution is -2.33. The van der Waals surface area contributed by atoms with Gasteiger partial charge < -0.3 is 4.90 Å². The van der Waals surface area contributed by atoms with Gasteiger partial charge in [-0.15, -0.1) is 11.6 Å². The topological polar surface area (TPSA) is 49.0 Å². The third-order valence-electron chi connectivity index (χ3n) is 2.20.